The number of fused-ring (bicyclic) bond motifs is 3. The van der Waals surface area contributed by atoms with Crippen molar-refractivity contribution in [3.8, 4) is 5.75 Å². The molecule has 0 atom stereocenters. The third kappa shape index (κ3) is 1.73. The number of hydrogen-bond acceptors (Lipinski definition) is 4. The first-order valence-corrected chi connectivity index (χ1v) is 6.02. The second kappa shape index (κ2) is 4.31. The normalized spacial score (nSPS) is 11.0. The number of ether oxygens (including phenoxy) is 1. The molecule has 3 rings (SSSR count). The molecule has 0 spiro atoms. The summed E-state index contributed by atoms with van der Waals surface area (Å²) >= 11 is 0. The van der Waals surface area contributed by atoms with Crippen LogP contribution in [0.3, 0.4) is 0 Å². The van der Waals surface area contributed by atoms with E-state index < -0.39 is 5.97 Å². The molecule has 0 bridgehead atoms. The second-order valence-electron chi connectivity index (χ2n) is 4.16. The van der Waals surface area contributed by atoms with Crippen molar-refractivity contribution in [2.45, 2.75) is 6.92 Å². The van der Waals surface area contributed by atoms with Crippen molar-refractivity contribution < 1.29 is 19.1 Å². The number of rotatable bonds is 2. The summed E-state index contributed by atoms with van der Waals surface area (Å²) in [5.74, 6) is -0.727. The van der Waals surface area contributed by atoms with Gasteiger partial charge in [-0.15, -0.1) is 0 Å². The second-order valence-corrected chi connectivity index (χ2v) is 4.16. The van der Waals surface area contributed by atoms with Gasteiger partial charge in [-0.2, -0.15) is 0 Å². The van der Waals surface area contributed by atoms with Crippen LogP contribution in [0.25, 0.3) is 21.9 Å². The maximum Gasteiger partial charge on any atom is 0.342 e. The lowest BCUT2D eigenvalue weighted by atomic mass is 10.1. The van der Waals surface area contributed by atoms with Crippen molar-refractivity contribution in [2.24, 2.45) is 0 Å². The molecule has 0 aliphatic heterocycles. The van der Waals surface area contributed by atoms with E-state index in [4.69, 9.17) is 9.15 Å². The minimum absolute atomic E-state index is 0.119. The Morgan fingerprint density at radius 2 is 2.00 bits per heavy atom. The first-order chi connectivity index (χ1) is 9.22. The fourth-order valence-electron chi connectivity index (χ4n) is 2.15. The Labute approximate surface area is 109 Å². The summed E-state index contributed by atoms with van der Waals surface area (Å²) in [5, 5.41) is 11.8. The van der Waals surface area contributed by atoms with E-state index >= 15 is 0 Å². The molecule has 1 aromatic heterocycles. The van der Waals surface area contributed by atoms with E-state index in [1.165, 1.54) is 0 Å². The van der Waals surface area contributed by atoms with Crippen LogP contribution in [0.15, 0.2) is 40.8 Å². The van der Waals surface area contributed by atoms with Crippen LogP contribution in [0.1, 0.15) is 17.3 Å². The molecule has 0 unspecified atom stereocenters. The Morgan fingerprint density at radius 3 is 2.79 bits per heavy atom. The van der Waals surface area contributed by atoms with E-state index in [0.717, 1.165) is 10.8 Å². The van der Waals surface area contributed by atoms with Gasteiger partial charge in [0.05, 0.1) is 6.61 Å². The van der Waals surface area contributed by atoms with Gasteiger partial charge in [-0.25, -0.2) is 4.79 Å². The largest absolute Gasteiger partial charge is 0.504 e. The SMILES string of the molecule is CCOC(=O)c1ccc2c(oc3ccccc32)c1O. The fraction of sp³-hybridized carbons (Fsp3) is 0.133. The van der Waals surface area contributed by atoms with E-state index in [1.54, 1.807) is 19.1 Å². The van der Waals surface area contributed by atoms with Gasteiger partial charge in [0.15, 0.2) is 11.3 Å². The Hall–Kier alpha value is -2.49. The highest BCUT2D eigenvalue weighted by molar-refractivity contribution is 6.09. The molecule has 0 saturated heterocycles. The minimum atomic E-state index is -0.553. The van der Waals surface area contributed by atoms with Crippen molar-refractivity contribution in [3.63, 3.8) is 0 Å². The molecule has 4 nitrogen and oxygen atoms in total. The molecule has 0 radical (unpaired) electrons. The topological polar surface area (TPSA) is 59.7 Å². The van der Waals surface area contributed by atoms with Gasteiger partial charge in [0.2, 0.25) is 0 Å². The zero-order chi connectivity index (χ0) is 13.4. The first-order valence-electron chi connectivity index (χ1n) is 6.02. The van der Waals surface area contributed by atoms with Gasteiger partial charge >= 0.3 is 5.97 Å². The number of phenolic OH excluding ortho intramolecular Hbond substituents is 1. The lowest BCUT2D eigenvalue weighted by Gasteiger charge is -2.04. The molecule has 2 aromatic carbocycles. The van der Waals surface area contributed by atoms with Gasteiger partial charge < -0.3 is 14.3 Å². The van der Waals surface area contributed by atoms with Crippen LogP contribution in [0.2, 0.25) is 0 Å². The van der Waals surface area contributed by atoms with Crippen LogP contribution in [0.5, 0.6) is 5.75 Å². The zero-order valence-corrected chi connectivity index (χ0v) is 10.3. The van der Waals surface area contributed by atoms with Crippen LogP contribution in [-0.2, 0) is 4.74 Å². The van der Waals surface area contributed by atoms with Crippen molar-refractivity contribution in [2.75, 3.05) is 6.61 Å². The molecule has 4 heteroatoms. The number of para-hydroxylation sites is 1. The lowest BCUT2D eigenvalue weighted by Crippen LogP contribution is -2.04. The van der Waals surface area contributed by atoms with Gasteiger partial charge in [0, 0.05) is 10.8 Å². The van der Waals surface area contributed by atoms with E-state index in [-0.39, 0.29) is 17.9 Å². The molecule has 19 heavy (non-hydrogen) atoms. The molecule has 1 heterocycles. The average molecular weight is 256 g/mol. The smallest absolute Gasteiger partial charge is 0.342 e. The maximum absolute atomic E-state index is 11.7. The van der Waals surface area contributed by atoms with Crippen molar-refractivity contribution in [3.05, 3.63) is 42.0 Å². The van der Waals surface area contributed by atoms with E-state index in [0.29, 0.717) is 11.2 Å². The third-order valence-corrected chi connectivity index (χ3v) is 3.02. The zero-order valence-electron chi connectivity index (χ0n) is 10.3. The summed E-state index contributed by atoms with van der Waals surface area (Å²) in [4.78, 5) is 11.7. The van der Waals surface area contributed by atoms with Crippen LogP contribution in [0.4, 0.5) is 0 Å². The number of aromatic hydroxyl groups is 1. The molecule has 3 aromatic rings. The third-order valence-electron chi connectivity index (χ3n) is 3.02. The predicted molar refractivity (Wildman–Crippen MR) is 71.3 cm³/mol. The van der Waals surface area contributed by atoms with Crippen molar-refractivity contribution >= 4 is 27.9 Å². The lowest BCUT2D eigenvalue weighted by molar-refractivity contribution is 0.0523. The summed E-state index contributed by atoms with van der Waals surface area (Å²) in [6, 6.07) is 10.8. The maximum atomic E-state index is 11.7. The fourth-order valence-corrected chi connectivity index (χ4v) is 2.15. The number of benzene rings is 2. The summed E-state index contributed by atoms with van der Waals surface area (Å²) in [6.07, 6.45) is 0. The van der Waals surface area contributed by atoms with Gasteiger partial charge in [-0.05, 0) is 25.1 Å². The van der Waals surface area contributed by atoms with Gasteiger partial charge in [-0.1, -0.05) is 18.2 Å². The molecule has 96 valence electrons. The van der Waals surface area contributed by atoms with Gasteiger partial charge in [-0.3, -0.25) is 0 Å². The molecule has 0 saturated carbocycles. The van der Waals surface area contributed by atoms with E-state index in [1.807, 2.05) is 24.3 Å². The number of carbonyl (C=O) groups is 1. The molecule has 0 amide bonds. The summed E-state index contributed by atoms with van der Waals surface area (Å²) in [6.45, 7) is 1.98. The molecular formula is C15H12O4. The van der Waals surface area contributed by atoms with Crippen LogP contribution < -0.4 is 0 Å². The number of esters is 1. The van der Waals surface area contributed by atoms with Crippen molar-refractivity contribution in [1.29, 1.82) is 0 Å². The number of furan rings is 1. The van der Waals surface area contributed by atoms with Crippen LogP contribution in [-0.4, -0.2) is 17.7 Å². The minimum Gasteiger partial charge on any atom is -0.504 e. The van der Waals surface area contributed by atoms with Gasteiger partial charge in [0.1, 0.15) is 11.1 Å². The molecule has 0 aliphatic rings. The summed E-state index contributed by atoms with van der Waals surface area (Å²) in [5.41, 5.74) is 1.11. The average Bonchev–Trinajstić information content (AvgIpc) is 2.79. The Kier molecular flexibility index (Phi) is 2.63. The van der Waals surface area contributed by atoms with E-state index in [2.05, 4.69) is 0 Å². The summed E-state index contributed by atoms with van der Waals surface area (Å²) < 4.78 is 10.5. The van der Waals surface area contributed by atoms with Gasteiger partial charge in [0.25, 0.3) is 0 Å². The van der Waals surface area contributed by atoms with Crippen LogP contribution >= 0.6 is 0 Å². The Balaban J connectivity index is 2.27. The standard InChI is InChI=1S/C15H12O4/c1-2-18-15(17)11-8-7-10-9-5-3-4-6-12(9)19-14(10)13(11)16/h3-8,16H,2H2,1H3. The highest BCUT2D eigenvalue weighted by Crippen LogP contribution is 2.36. The quantitative estimate of drug-likeness (QED) is 0.713. The molecule has 0 aliphatic carbocycles. The molecule has 1 N–H and O–H groups in total. The van der Waals surface area contributed by atoms with E-state index in [9.17, 15) is 9.90 Å². The number of hydrogen-bond donors (Lipinski definition) is 1. The molecule has 0 fully saturated rings. The van der Waals surface area contributed by atoms with Crippen molar-refractivity contribution in [1.82, 2.24) is 0 Å². The summed E-state index contributed by atoms with van der Waals surface area (Å²) in [7, 11) is 0. The highest BCUT2D eigenvalue weighted by Gasteiger charge is 2.18. The Bertz CT molecular complexity index is 770. The highest BCUT2D eigenvalue weighted by atomic mass is 16.5. The monoisotopic (exact) mass is 256 g/mol. The predicted octanol–water partition coefficient (Wildman–Crippen LogP) is 3.47. The molecular weight excluding hydrogens is 244 g/mol. The van der Waals surface area contributed by atoms with Crippen LogP contribution in [0, 0.1) is 0 Å². The number of carbonyl (C=O) groups excluding carboxylic acids is 1. The first kappa shape index (κ1) is 11.6. The Morgan fingerprint density at radius 1 is 1.21 bits per heavy atom. The number of phenols is 1.